The molecule has 1 fully saturated rings. The third kappa shape index (κ3) is 3.20. The van der Waals surface area contributed by atoms with Gasteiger partial charge in [0.15, 0.2) is 17.7 Å². The molecule has 158 valence electrons. The number of amides is 2. The van der Waals surface area contributed by atoms with E-state index < -0.39 is 58.7 Å². The molecule has 0 bridgehead atoms. The van der Waals surface area contributed by atoms with Crippen molar-refractivity contribution in [3.05, 3.63) is 57.3 Å². The van der Waals surface area contributed by atoms with Gasteiger partial charge in [-0.15, -0.1) is 0 Å². The van der Waals surface area contributed by atoms with Crippen LogP contribution in [-0.4, -0.2) is 50.2 Å². The molecule has 0 radical (unpaired) electrons. The van der Waals surface area contributed by atoms with Crippen LogP contribution in [0, 0.1) is 11.8 Å². The number of rotatable bonds is 3. The minimum Gasteiger partial charge on any atom is -0.503 e. The summed E-state index contributed by atoms with van der Waals surface area (Å²) in [5.41, 5.74) is -2.22. The average Bonchev–Trinajstić information content (AvgIpc) is 2.70. The normalized spacial score (nSPS) is 20.5. The van der Waals surface area contributed by atoms with Crippen molar-refractivity contribution in [2.24, 2.45) is 0 Å². The van der Waals surface area contributed by atoms with Crippen LogP contribution >= 0.6 is 0 Å². The Balaban J connectivity index is 1.65. The van der Waals surface area contributed by atoms with Gasteiger partial charge in [0.2, 0.25) is 11.4 Å². The van der Waals surface area contributed by atoms with Crippen LogP contribution in [0.15, 0.2) is 23.3 Å². The Bertz CT molecular complexity index is 1080. The van der Waals surface area contributed by atoms with Gasteiger partial charge in [-0.3, -0.25) is 14.4 Å². The monoisotopic (exact) mass is 420 g/mol. The molecule has 4 rings (SSSR count). The summed E-state index contributed by atoms with van der Waals surface area (Å²) >= 11 is 0. The molecule has 2 atom stereocenters. The lowest BCUT2D eigenvalue weighted by atomic mass is 10.1. The van der Waals surface area contributed by atoms with Crippen molar-refractivity contribution in [2.45, 2.75) is 38.7 Å². The maximum Gasteiger partial charge on any atom is 0.276 e. The highest BCUT2D eigenvalue weighted by Crippen LogP contribution is 2.29. The molecule has 0 saturated carbocycles. The highest BCUT2D eigenvalue weighted by Gasteiger charge is 2.41. The zero-order valence-electron chi connectivity index (χ0n) is 15.9. The molecular weight excluding hydrogens is 402 g/mol. The third-order valence-corrected chi connectivity index (χ3v) is 5.29. The van der Waals surface area contributed by atoms with Gasteiger partial charge in [-0.05, 0) is 19.4 Å². The second-order valence-electron chi connectivity index (χ2n) is 7.14. The van der Waals surface area contributed by atoms with Crippen molar-refractivity contribution in [1.29, 1.82) is 0 Å². The number of carbonyl (C=O) groups is 2. The number of nitrogens with one attached hydrogen (secondary N) is 1. The molecule has 1 saturated heterocycles. The quantitative estimate of drug-likeness (QED) is 0.709. The lowest BCUT2D eigenvalue weighted by Crippen LogP contribution is -2.57. The Kier molecular flexibility index (Phi) is 4.98. The molecule has 2 N–H and O–H groups in total. The number of ether oxygens (including phenoxy) is 1. The molecule has 2 aliphatic heterocycles. The van der Waals surface area contributed by atoms with Gasteiger partial charge in [0, 0.05) is 18.4 Å². The van der Waals surface area contributed by atoms with E-state index in [1.807, 2.05) is 6.92 Å². The van der Waals surface area contributed by atoms with Crippen LogP contribution in [0.25, 0.3) is 0 Å². The zero-order valence-corrected chi connectivity index (χ0v) is 15.9. The number of pyridine rings is 2. The molecule has 2 unspecified atom stereocenters. The number of aromatic hydroxyl groups is 1. The SMILES string of the molecule is CC1CCOC2Cn3cc(C(=O)NCc4c(F)ccnc4F)c(=O)c(O)c3C(=O)N12. The standard InChI is InChI=1S/C19H18F2N4O5/c1-9-3-5-30-13-8-24-7-11(15(26)16(27)14(24)19(29)25(9)13)18(28)23-6-10-12(20)2-4-22-17(10)21/h2,4,7,9,13,27H,3,5-6,8H2,1H3,(H,23,28). The summed E-state index contributed by atoms with van der Waals surface area (Å²) in [6.45, 7) is 1.86. The number of fused-ring (bicyclic) bond motifs is 2. The number of hydrogen-bond acceptors (Lipinski definition) is 6. The molecular formula is C19H18F2N4O5. The summed E-state index contributed by atoms with van der Waals surface area (Å²) in [5, 5.41) is 12.6. The number of nitrogens with zero attached hydrogens (tertiary/aromatic N) is 3. The van der Waals surface area contributed by atoms with Crippen LogP contribution in [0.3, 0.4) is 0 Å². The molecule has 9 nitrogen and oxygen atoms in total. The van der Waals surface area contributed by atoms with Gasteiger partial charge in [0.25, 0.3) is 11.8 Å². The van der Waals surface area contributed by atoms with Crippen LogP contribution in [0.1, 0.15) is 39.8 Å². The molecule has 0 spiro atoms. The maximum absolute atomic E-state index is 13.7. The third-order valence-electron chi connectivity index (χ3n) is 5.29. The van der Waals surface area contributed by atoms with Gasteiger partial charge >= 0.3 is 0 Å². The van der Waals surface area contributed by atoms with Gasteiger partial charge in [-0.2, -0.15) is 4.39 Å². The summed E-state index contributed by atoms with van der Waals surface area (Å²) in [7, 11) is 0. The number of aromatic nitrogens is 2. The fraction of sp³-hybridized carbons (Fsp3) is 0.368. The van der Waals surface area contributed by atoms with Crippen molar-refractivity contribution in [1.82, 2.24) is 19.8 Å². The summed E-state index contributed by atoms with van der Waals surface area (Å²) in [6, 6.07) is 0.805. The smallest absolute Gasteiger partial charge is 0.276 e. The summed E-state index contributed by atoms with van der Waals surface area (Å²) in [4.78, 5) is 42.6. The van der Waals surface area contributed by atoms with Crippen molar-refractivity contribution in [2.75, 3.05) is 6.61 Å². The van der Waals surface area contributed by atoms with Crippen molar-refractivity contribution in [3.63, 3.8) is 0 Å². The van der Waals surface area contributed by atoms with E-state index in [1.165, 1.54) is 9.47 Å². The molecule has 11 heteroatoms. The molecule has 2 amide bonds. The van der Waals surface area contributed by atoms with E-state index in [2.05, 4.69) is 10.3 Å². The number of halogens is 2. The molecule has 2 aliphatic rings. The van der Waals surface area contributed by atoms with Crippen molar-refractivity contribution >= 4 is 11.8 Å². The van der Waals surface area contributed by atoms with Crippen LogP contribution in [0.2, 0.25) is 0 Å². The van der Waals surface area contributed by atoms with E-state index in [0.29, 0.717) is 13.0 Å². The Morgan fingerprint density at radius 2 is 2.17 bits per heavy atom. The first-order chi connectivity index (χ1) is 14.3. The lowest BCUT2D eigenvalue weighted by Gasteiger charge is -2.44. The molecule has 30 heavy (non-hydrogen) atoms. The fourth-order valence-electron chi connectivity index (χ4n) is 3.69. The van der Waals surface area contributed by atoms with E-state index in [9.17, 15) is 28.3 Å². The van der Waals surface area contributed by atoms with Gasteiger partial charge in [0.05, 0.1) is 25.3 Å². The minimum absolute atomic E-state index is 0.116. The molecule has 2 aromatic rings. The second-order valence-corrected chi connectivity index (χ2v) is 7.14. The van der Waals surface area contributed by atoms with Gasteiger partial charge in [0.1, 0.15) is 11.4 Å². The van der Waals surface area contributed by atoms with Crippen molar-refractivity contribution < 1.29 is 28.2 Å². The second kappa shape index (κ2) is 7.48. The zero-order chi connectivity index (χ0) is 21.6. The van der Waals surface area contributed by atoms with Crippen molar-refractivity contribution in [3.8, 4) is 5.75 Å². The van der Waals surface area contributed by atoms with Crippen LogP contribution in [0.4, 0.5) is 8.78 Å². The summed E-state index contributed by atoms with van der Waals surface area (Å²) in [5.74, 6) is -4.38. The summed E-state index contributed by atoms with van der Waals surface area (Å²) < 4.78 is 34.3. The maximum atomic E-state index is 13.7. The molecule has 0 aromatic carbocycles. The first-order valence-electron chi connectivity index (χ1n) is 9.27. The minimum atomic E-state index is -1.09. The van der Waals surface area contributed by atoms with E-state index in [-0.39, 0.29) is 18.3 Å². The first-order valence-corrected chi connectivity index (χ1v) is 9.27. The number of carbonyl (C=O) groups excluding carboxylic acids is 2. The first kappa shape index (κ1) is 20.0. The molecule has 4 heterocycles. The van der Waals surface area contributed by atoms with Crippen LogP contribution in [-0.2, 0) is 17.8 Å². The Hall–Kier alpha value is -3.34. The van der Waals surface area contributed by atoms with Gasteiger partial charge in [-0.25, -0.2) is 9.37 Å². The predicted octanol–water partition coefficient (Wildman–Crippen LogP) is 0.748. The summed E-state index contributed by atoms with van der Waals surface area (Å²) in [6.07, 6.45) is 2.11. The van der Waals surface area contributed by atoms with Crippen LogP contribution < -0.4 is 10.7 Å². The van der Waals surface area contributed by atoms with Gasteiger partial charge in [-0.1, -0.05) is 0 Å². The van der Waals surface area contributed by atoms with E-state index >= 15 is 0 Å². The average molecular weight is 420 g/mol. The topological polar surface area (TPSA) is 114 Å². The predicted molar refractivity (Wildman–Crippen MR) is 97.7 cm³/mol. The van der Waals surface area contributed by atoms with Crippen LogP contribution in [0.5, 0.6) is 5.75 Å². The lowest BCUT2D eigenvalue weighted by molar-refractivity contribution is -0.112. The highest BCUT2D eigenvalue weighted by molar-refractivity contribution is 5.99. The van der Waals surface area contributed by atoms with E-state index in [4.69, 9.17) is 4.74 Å². The molecule has 0 aliphatic carbocycles. The number of hydrogen-bond donors (Lipinski definition) is 2. The Morgan fingerprint density at radius 1 is 1.40 bits per heavy atom. The fourth-order valence-corrected chi connectivity index (χ4v) is 3.69. The Morgan fingerprint density at radius 3 is 2.90 bits per heavy atom. The largest absolute Gasteiger partial charge is 0.503 e. The van der Waals surface area contributed by atoms with Gasteiger partial charge < -0.3 is 24.6 Å². The Labute approximate surface area is 168 Å². The van der Waals surface area contributed by atoms with E-state index in [0.717, 1.165) is 18.5 Å². The highest BCUT2D eigenvalue weighted by atomic mass is 19.1. The molecule has 2 aromatic heterocycles. The van der Waals surface area contributed by atoms with E-state index in [1.54, 1.807) is 0 Å².